The summed E-state index contributed by atoms with van der Waals surface area (Å²) in [5.41, 5.74) is 2.76. The molecule has 7 nitrogen and oxygen atoms in total. The number of halogens is 1. The minimum Gasteiger partial charge on any atom is -0.325 e. The van der Waals surface area contributed by atoms with E-state index >= 15 is 0 Å². The Hall–Kier alpha value is -4.59. The molecular weight excluding hydrogens is 447 g/mol. The lowest BCUT2D eigenvalue weighted by molar-refractivity contribution is -0.116. The number of nitrogens with zero attached hydrogens (tertiary/aromatic N) is 3. The van der Waals surface area contributed by atoms with E-state index in [2.05, 4.69) is 10.3 Å². The van der Waals surface area contributed by atoms with Crippen LogP contribution < -0.4 is 10.9 Å². The number of carbonyl (C=O) groups excluding carboxylic acids is 2. The monoisotopic (exact) mass is 468 g/mol. The molecule has 0 bridgehead atoms. The number of hydrogen-bond donors (Lipinski definition) is 1. The topological polar surface area (TPSA) is 86.0 Å². The molecule has 0 unspecified atom stereocenters. The summed E-state index contributed by atoms with van der Waals surface area (Å²) in [6.45, 7) is 1.61. The van der Waals surface area contributed by atoms with Crippen LogP contribution in [0.2, 0.25) is 0 Å². The Labute approximate surface area is 199 Å². The summed E-state index contributed by atoms with van der Waals surface area (Å²) in [4.78, 5) is 42.4. The van der Waals surface area contributed by atoms with E-state index in [1.165, 1.54) is 30.0 Å². The maximum atomic E-state index is 14.1. The van der Waals surface area contributed by atoms with Gasteiger partial charge in [0.2, 0.25) is 5.91 Å². The number of ketones is 1. The van der Waals surface area contributed by atoms with Crippen molar-refractivity contribution < 1.29 is 14.0 Å². The van der Waals surface area contributed by atoms with Gasteiger partial charge in [0.15, 0.2) is 5.78 Å². The van der Waals surface area contributed by atoms with E-state index in [0.29, 0.717) is 34.2 Å². The Morgan fingerprint density at radius 2 is 1.74 bits per heavy atom. The fraction of sp³-hybridized carbons (Fsp3) is 0.111. The van der Waals surface area contributed by atoms with Crippen LogP contribution in [0, 0.1) is 5.82 Å². The first-order chi connectivity index (χ1) is 16.9. The number of Topliss-reactive ketones (excluding diaryl/α,β-unsaturated/α-hetero) is 1. The van der Waals surface area contributed by atoms with Crippen LogP contribution in [0.15, 0.2) is 83.9 Å². The normalized spacial score (nSPS) is 11.1. The summed E-state index contributed by atoms with van der Waals surface area (Å²) in [7, 11) is 0. The van der Waals surface area contributed by atoms with Crippen LogP contribution in [0.3, 0.4) is 0 Å². The highest BCUT2D eigenvalue weighted by Gasteiger charge is 2.19. The summed E-state index contributed by atoms with van der Waals surface area (Å²) in [5.74, 6) is -0.900. The molecule has 8 heteroatoms. The van der Waals surface area contributed by atoms with Crippen molar-refractivity contribution >= 4 is 39.3 Å². The number of anilines is 1. The first-order valence-corrected chi connectivity index (χ1v) is 11.0. The molecule has 0 aliphatic rings. The first kappa shape index (κ1) is 22.2. The highest BCUT2D eigenvalue weighted by Crippen LogP contribution is 2.26. The van der Waals surface area contributed by atoms with Crippen LogP contribution in [0.1, 0.15) is 22.8 Å². The summed E-state index contributed by atoms with van der Waals surface area (Å²) in [6.07, 6.45) is 1.45. The molecule has 0 saturated heterocycles. The van der Waals surface area contributed by atoms with Gasteiger partial charge < -0.3 is 9.88 Å². The second kappa shape index (κ2) is 8.98. The molecule has 0 atom stereocenters. The van der Waals surface area contributed by atoms with E-state index in [4.69, 9.17) is 0 Å². The molecule has 5 rings (SSSR count). The molecule has 0 radical (unpaired) electrons. The van der Waals surface area contributed by atoms with E-state index in [-0.39, 0.29) is 29.3 Å². The van der Waals surface area contributed by atoms with Gasteiger partial charge in [0.1, 0.15) is 23.4 Å². The Bertz CT molecular complexity index is 1640. The van der Waals surface area contributed by atoms with Gasteiger partial charge in [-0.25, -0.2) is 9.37 Å². The molecule has 174 valence electrons. The fourth-order valence-corrected chi connectivity index (χ4v) is 4.16. The van der Waals surface area contributed by atoms with Gasteiger partial charge in [0.25, 0.3) is 5.56 Å². The van der Waals surface area contributed by atoms with Gasteiger partial charge in [-0.05, 0) is 55.0 Å². The lowest BCUT2D eigenvalue weighted by Gasteiger charge is -2.10. The summed E-state index contributed by atoms with van der Waals surface area (Å²) in [5, 5.41) is 3.25. The Morgan fingerprint density at radius 3 is 2.46 bits per heavy atom. The molecule has 0 saturated carbocycles. The SMILES string of the molecule is CC(=O)c1ccc(NC(=O)Cn2c3ccc(F)cc3c3ncn(Cc4ccccc4)c(=O)c32)cc1. The number of amides is 1. The molecule has 1 N–H and O–H groups in total. The van der Waals surface area contributed by atoms with Crippen LogP contribution >= 0.6 is 0 Å². The van der Waals surface area contributed by atoms with Crippen LogP contribution in [0.5, 0.6) is 0 Å². The first-order valence-electron chi connectivity index (χ1n) is 11.0. The minimum atomic E-state index is -0.457. The zero-order valence-corrected chi connectivity index (χ0v) is 18.9. The van der Waals surface area contributed by atoms with Crippen molar-refractivity contribution in [3.8, 4) is 0 Å². The second-order valence-corrected chi connectivity index (χ2v) is 8.29. The lowest BCUT2D eigenvalue weighted by Crippen LogP contribution is -2.25. The number of rotatable bonds is 6. The van der Waals surface area contributed by atoms with Crippen LogP contribution in [-0.4, -0.2) is 25.8 Å². The Balaban J connectivity index is 1.55. The van der Waals surface area contributed by atoms with Crippen LogP contribution in [-0.2, 0) is 17.9 Å². The third kappa shape index (κ3) is 4.33. The Kier molecular flexibility index (Phi) is 5.70. The molecule has 3 aromatic carbocycles. The summed E-state index contributed by atoms with van der Waals surface area (Å²) < 4.78 is 17.1. The van der Waals surface area contributed by atoms with Crippen molar-refractivity contribution in [2.75, 3.05) is 5.32 Å². The number of carbonyl (C=O) groups is 2. The van der Waals surface area contributed by atoms with E-state index in [1.54, 1.807) is 34.9 Å². The smallest absolute Gasteiger partial charge is 0.278 e. The van der Waals surface area contributed by atoms with Crippen molar-refractivity contribution in [1.29, 1.82) is 0 Å². The maximum absolute atomic E-state index is 14.1. The standard InChI is InChI=1S/C27H21FN4O3/c1-17(33)19-7-10-21(11-8-19)30-24(34)15-32-23-12-9-20(28)13-22(23)25-26(32)27(35)31(16-29-25)14-18-5-3-2-4-6-18/h2-13,16H,14-15H2,1H3,(H,30,34). The van der Waals surface area contributed by atoms with Crippen molar-refractivity contribution in [3.05, 3.63) is 106 Å². The largest absolute Gasteiger partial charge is 0.325 e. The zero-order chi connectivity index (χ0) is 24.5. The zero-order valence-electron chi connectivity index (χ0n) is 18.9. The molecule has 0 fully saturated rings. The fourth-order valence-electron chi connectivity index (χ4n) is 4.16. The third-order valence-electron chi connectivity index (χ3n) is 5.86. The Morgan fingerprint density at radius 1 is 1.00 bits per heavy atom. The molecule has 0 aliphatic heterocycles. The van der Waals surface area contributed by atoms with Gasteiger partial charge in [0.05, 0.1) is 18.4 Å². The lowest BCUT2D eigenvalue weighted by atomic mass is 10.1. The molecule has 0 aliphatic carbocycles. The molecule has 2 heterocycles. The number of benzene rings is 3. The molecule has 1 amide bonds. The van der Waals surface area contributed by atoms with Crippen molar-refractivity contribution in [2.24, 2.45) is 0 Å². The molecular formula is C27H21FN4O3. The minimum absolute atomic E-state index is 0.0697. The average Bonchev–Trinajstić information content (AvgIpc) is 3.15. The third-order valence-corrected chi connectivity index (χ3v) is 5.86. The quantitative estimate of drug-likeness (QED) is 0.375. The molecule has 2 aromatic heterocycles. The van der Waals surface area contributed by atoms with Gasteiger partial charge >= 0.3 is 0 Å². The van der Waals surface area contributed by atoms with Gasteiger partial charge in [-0.3, -0.25) is 19.0 Å². The van der Waals surface area contributed by atoms with Crippen molar-refractivity contribution in [1.82, 2.24) is 14.1 Å². The van der Waals surface area contributed by atoms with Crippen molar-refractivity contribution in [3.63, 3.8) is 0 Å². The van der Waals surface area contributed by atoms with Crippen LogP contribution in [0.25, 0.3) is 21.9 Å². The summed E-state index contributed by atoms with van der Waals surface area (Å²) >= 11 is 0. The van der Waals surface area contributed by atoms with Crippen LogP contribution in [0.4, 0.5) is 10.1 Å². The van der Waals surface area contributed by atoms with E-state index < -0.39 is 5.82 Å². The van der Waals surface area contributed by atoms with Gasteiger partial charge in [0, 0.05) is 16.6 Å². The van der Waals surface area contributed by atoms with E-state index in [0.717, 1.165) is 5.56 Å². The molecule has 35 heavy (non-hydrogen) atoms. The van der Waals surface area contributed by atoms with Crippen molar-refractivity contribution in [2.45, 2.75) is 20.0 Å². The highest BCUT2D eigenvalue weighted by atomic mass is 19.1. The average molecular weight is 468 g/mol. The molecule has 0 spiro atoms. The van der Waals surface area contributed by atoms with Gasteiger partial charge in [-0.15, -0.1) is 0 Å². The van der Waals surface area contributed by atoms with E-state index in [9.17, 15) is 18.8 Å². The summed E-state index contributed by atoms with van der Waals surface area (Å²) in [6, 6.07) is 20.2. The number of fused-ring (bicyclic) bond motifs is 3. The van der Waals surface area contributed by atoms with Gasteiger partial charge in [-0.2, -0.15) is 0 Å². The molecule has 5 aromatic rings. The predicted molar refractivity (Wildman–Crippen MR) is 132 cm³/mol. The number of nitrogens with one attached hydrogen (secondary N) is 1. The maximum Gasteiger partial charge on any atom is 0.278 e. The van der Waals surface area contributed by atoms with Gasteiger partial charge in [-0.1, -0.05) is 30.3 Å². The predicted octanol–water partition coefficient (Wildman–Crippen LogP) is 4.38. The highest BCUT2D eigenvalue weighted by molar-refractivity contribution is 6.06. The number of aromatic nitrogens is 3. The second-order valence-electron chi connectivity index (χ2n) is 8.29. The van der Waals surface area contributed by atoms with E-state index in [1.807, 2.05) is 30.3 Å². The number of hydrogen-bond acceptors (Lipinski definition) is 4.